The van der Waals surface area contributed by atoms with Crippen LogP contribution in [0, 0.1) is 12.7 Å². The number of aromatic nitrogens is 1. The maximum absolute atomic E-state index is 13.7. The van der Waals surface area contributed by atoms with Gasteiger partial charge in [0.05, 0.1) is 30.1 Å². The molecule has 0 saturated carbocycles. The van der Waals surface area contributed by atoms with E-state index < -0.39 is 20.9 Å². The molecule has 1 fully saturated rings. The molecule has 0 spiro atoms. The standard InChI is InChI=1S/C23H25FN2O4S2/c1-15-4-5-17(24)12-22(15)32(27,28)20-6-8-26(9-7-20)23-25-21(14-31-23)16-10-18(29-2)13-19(11-16)30-3/h4-5,10-14,20H,6-9H2,1-3H3. The van der Waals surface area contributed by atoms with E-state index in [1.807, 2.05) is 23.6 Å². The normalized spacial score (nSPS) is 15.1. The monoisotopic (exact) mass is 476 g/mol. The molecule has 2 aromatic carbocycles. The Labute approximate surface area is 191 Å². The molecule has 0 radical (unpaired) electrons. The van der Waals surface area contributed by atoms with Gasteiger partial charge in [-0.1, -0.05) is 6.07 Å². The lowest BCUT2D eigenvalue weighted by Crippen LogP contribution is -2.39. The van der Waals surface area contributed by atoms with Crippen molar-refractivity contribution in [2.75, 3.05) is 32.2 Å². The predicted octanol–water partition coefficient (Wildman–Crippen LogP) is 4.72. The largest absolute Gasteiger partial charge is 0.497 e. The number of halogens is 1. The molecule has 0 N–H and O–H groups in total. The summed E-state index contributed by atoms with van der Waals surface area (Å²) in [4.78, 5) is 6.96. The zero-order chi connectivity index (χ0) is 22.9. The first-order chi connectivity index (χ1) is 15.3. The molecule has 0 amide bonds. The summed E-state index contributed by atoms with van der Waals surface area (Å²) in [6.07, 6.45) is 0.945. The van der Waals surface area contributed by atoms with Gasteiger partial charge in [-0.2, -0.15) is 0 Å². The molecule has 1 aromatic heterocycles. The first-order valence-corrected chi connectivity index (χ1v) is 12.7. The fourth-order valence-electron chi connectivity index (χ4n) is 3.91. The molecule has 0 bridgehead atoms. The molecule has 32 heavy (non-hydrogen) atoms. The van der Waals surface area contributed by atoms with Gasteiger partial charge in [0.15, 0.2) is 15.0 Å². The number of nitrogens with zero attached hydrogens (tertiary/aromatic N) is 2. The molecule has 1 aliphatic rings. The average molecular weight is 477 g/mol. The van der Waals surface area contributed by atoms with Crippen LogP contribution in [0.4, 0.5) is 9.52 Å². The minimum Gasteiger partial charge on any atom is -0.497 e. The highest BCUT2D eigenvalue weighted by molar-refractivity contribution is 7.92. The Morgan fingerprint density at radius 3 is 2.34 bits per heavy atom. The van der Waals surface area contributed by atoms with Crippen molar-refractivity contribution in [3.8, 4) is 22.8 Å². The van der Waals surface area contributed by atoms with Gasteiger partial charge in [-0.25, -0.2) is 17.8 Å². The molecule has 1 aliphatic heterocycles. The van der Waals surface area contributed by atoms with Crippen LogP contribution in [0.5, 0.6) is 11.5 Å². The van der Waals surface area contributed by atoms with Gasteiger partial charge < -0.3 is 14.4 Å². The number of rotatable bonds is 6. The summed E-state index contributed by atoms with van der Waals surface area (Å²) >= 11 is 1.52. The Morgan fingerprint density at radius 1 is 1.06 bits per heavy atom. The fraction of sp³-hybridized carbons (Fsp3) is 0.348. The summed E-state index contributed by atoms with van der Waals surface area (Å²) in [7, 11) is -0.374. The number of methoxy groups -OCH3 is 2. The molecule has 0 aliphatic carbocycles. The quantitative estimate of drug-likeness (QED) is 0.513. The summed E-state index contributed by atoms with van der Waals surface area (Å²) < 4.78 is 50.5. The van der Waals surface area contributed by atoms with Crippen LogP contribution in [-0.2, 0) is 9.84 Å². The Balaban J connectivity index is 1.49. The van der Waals surface area contributed by atoms with E-state index in [9.17, 15) is 12.8 Å². The Kier molecular flexibility index (Phi) is 6.39. The first-order valence-electron chi connectivity index (χ1n) is 10.3. The summed E-state index contributed by atoms with van der Waals surface area (Å²) in [5, 5.41) is 2.29. The van der Waals surface area contributed by atoms with Crippen LogP contribution in [0.25, 0.3) is 11.3 Å². The van der Waals surface area contributed by atoms with Crippen molar-refractivity contribution in [3.63, 3.8) is 0 Å². The number of ether oxygens (including phenoxy) is 2. The minimum absolute atomic E-state index is 0.0967. The summed E-state index contributed by atoms with van der Waals surface area (Å²) in [6, 6.07) is 9.55. The maximum atomic E-state index is 13.7. The molecule has 4 rings (SSSR count). The number of benzene rings is 2. The van der Waals surface area contributed by atoms with Crippen molar-refractivity contribution in [1.29, 1.82) is 0 Å². The van der Waals surface area contributed by atoms with Gasteiger partial charge in [0.2, 0.25) is 0 Å². The van der Waals surface area contributed by atoms with Crippen LogP contribution in [-0.4, -0.2) is 46.0 Å². The van der Waals surface area contributed by atoms with Gasteiger partial charge in [0.1, 0.15) is 17.3 Å². The number of sulfone groups is 1. The van der Waals surface area contributed by atoms with E-state index in [1.165, 1.54) is 23.5 Å². The first kappa shape index (κ1) is 22.5. The van der Waals surface area contributed by atoms with E-state index in [0.29, 0.717) is 43.0 Å². The highest BCUT2D eigenvalue weighted by Crippen LogP contribution is 2.35. The van der Waals surface area contributed by atoms with Crippen LogP contribution < -0.4 is 14.4 Å². The lowest BCUT2D eigenvalue weighted by atomic mass is 10.1. The lowest BCUT2D eigenvalue weighted by molar-refractivity contribution is 0.394. The van der Waals surface area contributed by atoms with Crippen LogP contribution >= 0.6 is 11.3 Å². The third-order valence-corrected chi connectivity index (χ3v) is 9.05. The highest BCUT2D eigenvalue weighted by atomic mass is 32.2. The lowest BCUT2D eigenvalue weighted by Gasteiger charge is -2.31. The van der Waals surface area contributed by atoms with Crippen LogP contribution in [0.3, 0.4) is 0 Å². The number of thiazole rings is 1. The number of aryl methyl sites for hydroxylation is 1. The Bertz CT molecular complexity index is 1200. The smallest absolute Gasteiger partial charge is 0.185 e. The van der Waals surface area contributed by atoms with Gasteiger partial charge in [0, 0.05) is 30.1 Å². The van der Waals surface area contributed by atoms with E-state index in [0.717, 1.165) is 22.5 Å². The average Bonchev–Trinajstić information content (AvgIpc) is 3.30. The Hall–Kier alpha value is -2.65. The SMILES string of the molecule is COc1cc(OC)cc(-c2csc(N3CCC(S(=O)(=O)c4cc(F)ccc4C)CC3)n2)c1. The molecular weight excluding hydrogens is 451 g/mol. The topological polar surface area (TPSA) is 68.7 Å². The maximum Gasteiger partial charge on any atom is 0.185 e. The molecule has 3 aromatic rings. The fourth-order valence-corrected chi connectivity index (χ4v) is 6.79. The van der Waals surface area contributed by atoms with Crippen molar-refractivity contribution < 1.29 is 22.3 Å². The summed E-state index contributed by atoms with van der Waals surface area (Å²) in [5.41, 5.74) is 2.28. The highest BCUT2D eigenvalue weighted by Gasteiger charge is 2.33. The number of hydrogen-bond acceptors (Lipinski definition) is 7. The van der Waals surface area contributed by atoms with Crippen molar-refractivity contribution in [2.24, 2.45) is 0 Å². The van der Waals surface area contributed by atoms with Crippen LogP contribution in [0.2, 0.25) is 0 Å². The third-order valence-electron chi connectivity index (χ3n) is 5.75. The van der Waals surface area contributed by atoms with Gasteiger partial charge in [-0.15, -0.1) is 11.3 Å². The molecule has 1 saturated heterocycles. The Morgan fingerprint density at radius 2 is 1.72 bits per heavy atom. The van der Waals surface area contributed by atoms with Crippen molar-refractivity contribution >= 4 is 26.3 Å². The molecule has 0 unspecified atom stereocenters. The molecule has 9 heteroatoms. The molecule has 6 nitrogen and oxygen atoms in total. The predicted molar refractivity (Wildman–Crippen MR) is 124 cm³/mol. The molecule has 0 atom stereocenters. The zero-order valence-electron chi connectivity index (χ0n) is 18.2. The zero-order valence-corrected chi connectivity index (χ0v) is 19.8. The van der Waals surface area contributed by atoms with Gasteiger partial charge >= 0.3 is 0 Å². The number of hydrogen-bond donors (Lipinski definition) is 0. The van der Waals surface area contributed by atoms with Crippen molar-refractivity contribution in [1.82, 2.24) is 4.98 Å². The van der Waals surface area contributed by atoms with Crippen LogP contribution in [0.1, 0.15) is 18.4 Å². The molecule has 2 heterocycles. The van der Waals surface area contributed by atoms with Gasteiger partial charge in [-0.3, -0.25) is 0 Å². The number of piperidine rings is 1. The minimum atomic E-state index is -3.59. The van der Waals surface area contributed by atoms with Gasteiger partial charge in [-0.05, 0) is 49.6 Å². The van der Waals surface area contributed by atoms with Crippen molar-refractivity contribution in [2.45, 2.75) is 29.9 Å². The second kappa shape index (κ2) is 9.07. The van der Waals surface area contributed by atoms with Gasteiger partial charge in [0.25, 0.3) is 0 Å². The van der Waals surface area contributed by atoms with Crippen LogP contribution in [0.15, 0.2) is 46.7 Å². The van der Waals surface area contributed by atoms with E-state index in [4.69, 9.17) is 14.5 Å². The van der Waals surface area contributed by atoms with E-state index >= 15 is 0 Å². The van der Waals surface area contributed by atoms with E-state index in [2.05, 4.69) is 4.90 Å². The summed E-state index contributed by atoms with van der Waals surface area (Å²) in [6.45, 7) is 2.85. The summed E-state index contributed by atoms with van der Waals surface area (Å²) in [5.74, 6) is 0.844. The second-order valence-electron chi connectivity index (χ2n) is 7.76. The second-order valence-corrected chi connectivity index (χ2v) is 10.8. The molecular formula is C23H25FN2O4S2. The number of anilines is 1. The van der Waals surface area contributed by atoms with Crippen molar-refractivity contribution in [3.05, 3.63) is 53.2 Å². The van der Waals surface area contributed by atoms with E-state index in [-0.39, 0.29) is 4.90 Å². The van der Waals surface area contributed by atoms with E-state index in [1.54, 1.807) is 21.1 Å². The molecule has 170 valence electrons. The third kappa shape index (κ3) is 4.45.